The average Bonchev–Trinajstić information content (AvgIpc) is 2.88. The van der Waals surface area contributed by atoms with E-state index >= 15 is 0 Å². The SMILES string of the molecule is CCn1nc(CC(C)C)cc1C(=O)NCc1ccccn1. The Kier molecular flexibility index (Phi) is 5.09. The molecule has 0 saturated heterocycles. The Labute approximate surface area is 125 Å². The standard InChI is InChI=1S/C16H22N4O/c1-4-20-15(10-14(19-20)9-12(2)3)16(21)18-11-13-7-5-6-8-17-13/h5-8,10,12H,4,9,11H2,1-3H3,(H,18,21). The molecule has 2 aromatic heterocycles. The normalized spacial score (nSPS) is 10.9. The number of aryl methyl sites for hydroxylation is 1. The van der Waals surface area contributed by atoms with Crippen LogP contribution in [0.3, 0.4) is 0 Å². The molecule has 2 aromatic rings. The maximum absolute atomic E-state index is 12.3. The van der Waals surface area contributed by atoms with Crippen LogP contribution >= 0.6 is 0 Å². The van der Waals surface area contributed by atoms with Gasteiger partial charge in [0.15, 0.2) is 0 Å². The Balaban J connectivity index is 2.05. The number of pyridine rings is 1. The lowest BCUT2D eigenvalue weighted by Gasteiger charge is -2.06. The van der Waals surface area contributed by atoms with Crippen LogP contribution in [0.4, 0.5) is 0 Å². The van der Waals surface area contributed by atoms with Crippen molar-refractivity contribution in [1.82, 2.24) is 20.1 Å². The molecule has 5 nitrogen and oxygen atoms in total. The first-order valence-electron chi connectivity index (χ1n) is 7.35. The molecule has 0 saturated carbocycles. The zero-order valence-corrected chi connectivity index (χ0v) is 12.8. The van der Waals surface area contributed by atoms with Gasteiger partial charge in [0.2, 0.25) is 0 Å². The van der Waals surface area contributed by atoms with E-state index in [1.165, 1.54) is 0 Å². The van der Waals surface area contributed by atoms with E-state index in [1.807, 2.05) is 31.2 Å². The number of hydrogen-bond donors (Lipinski definition) is 1. The van der Waals surface area contributed by atoms with Crippen molar-refractivity contribution < 1.29 is 4.79 Å². The first kappa shape index (κ1) is 15.2. The van der Waals surface area contributed by atoms with Crippen LogP contribution in [0.5, 0.6) is 0 Å². The van der Waals surface area contributed by atoms with Crippen molar-refractivity contribution in [2.75, 3.05) is 0 Å². The summed E-state index contributed by atoms with van der Waals surface area (Å²) in [6.07, 6.45) is 2.60. The topological polar surface area (TPSA) is 59.8 Å². The summed E-state index contributed by atoms with van der Waals surface area (Å²) >= 11 is 0. The predicted octanol–water partition coefficient (Wildman–Crippen LogP) is 2.43. The van der Waals surface area contributed by atoms with Crippen LogP contribution in [0.15, 0.2) is 30.5 Å². The lowest BCUT2D eigenvalue weighted by Crippen LogP contribution is -2.26. The minimum absolute atomic E-state index is 0.106. The first-order valence-corrected chi connectivity index (χ1v) is 7.35. The van der Waals surface area contributed by atoms with Crippen LogP contribution in [0, 0.1) is 5.92 Å². The van der Waals surface area contributed by atoms with Gasteiger partial charge < -0.3 is 5.32 Å². The van der Waals surface area contributed by atoms with Crippen molar-refractivity contribution >= 4 is 5.91 Å². The smallest absolute Gasteiger partial charge is 0.269 e. The second-order valence-corrected chi connectivity index (χ2v) is 5.44. The number of carbonyl (C=O) groups excluding carboxylic acids is 1. The molecule has 21 heavy (non-hydrogen) atoms. The number of nitrogens with one attached hydrogen (secondary N) is 1. The van der Waals surface area contributed by atoms with E-state index in [2.05, 4.69) is 29.2 Å². The van der Waals surface area contributed by atoms with Gasteiger partial charge in [0.05, 0.1) is 17.9 Å². The molecule has 2 rings (SSSR count). The highest BCUT2D eigenvalue weighted by molar-refractivity contribution is 5.92. The minimum atomic E-state index is -0.106. The molecule has 0 bridgehead atoms. The van der Waals surface area contributed by atoms with Gasteiger partial charge in [-0.05, 0) is 37.5 Å². The highest BCUT2D eigenvalue weighted by Crippen LogP contribution is 2.10. The first-order chi connectivity index (χ1) is 10.1. The Bertz CT molecular complexity index is 590. The quantitative estimate of drug-likeness (QED) is 0.887. The van der Waals surface area contributed by atoms with Gasteiger partial charge in [-0.3, -0.25) is 14.5 Å². The van der Waals surface area contributed by atoms with Crippen molar-refractivity contribution in [3.8, 4) is 0 Å². The van der Waals surface area contributed by atoms with Crippen molar-refractivity contribution in [2.24, 2.45) is 5.92 Å². The Morgan fingerprint density at radius 1 is 1.33 bits per heavy atom. The maximum atomic E-state index is 12.3. The molecule has 0 fully saturated rings. The van der Waals surface area contributed by atoms with Gasteiger partial charge in [-0.25, -0.2) is 0 Å². The predicted molar refractivity (Wildman–Crippen MR) is 81.9 cm³/mol. The van der Waals surface area contributed by atoms with E-state index < -0.39 is 0 Å². The Morgan fingerprint density at radius 2 is 2.14 bits per heavy atom. The number of aromatic nitrogens is 3. The van der Waals surface area contributed by atoms with E-state index in [-0.39, 0.29) is 5.91 Å². The largest absolute Gasteiger partial charge is 0.345 e. The summed E-state index contributed by atoms with van der Waals surface area (Å²) in [6, 6.07) is 7.54. The number of nitrogens with zero attached hydrogens (tertiary/aromatic N) is 3. The summed E-state index contributed by atoms with van der Waals surface area (Å²) in [6.45, 7) is 7.39. The van der Waals surface area contributed by atoms with Crippen molar-refractivity contribution in [1.29, 1.82) is 0 Å². The van der Waals surface area contributed by atoms with E-state index in [1.54, 1.807) is 10.9 Å². The highest BCUT2D eigenvalue weighted by Gasteiger charge is 2.15. The second-order valence-electron chi connectivity index (χ2n) is 5.44. The monoisotopic (exact) mass is 286 g/mol. The molecule has 5 heteroatoms. The third kappa shape index (κ3) is 4.15. The zero-order valence-electron chi connectivity index (χ0n) is 12.8. The van der Waals surface area contributed by atoms with Crippen LogP contribution in [-0.2, 0) is 19.5 Å². The highest BCUT2D eigenvalue weighted by atomic mass is 16.2. The molecule has 2 heterocycles. The molecule has 1 N–H and O–H groups in total. The van der Waals surface area contributed by atoms with Gasteiger partial charge in [0.25, 0.3) is 5.91 Å². The lowest BCUT2D eigenvalue weighted by atomic mass is 10.1. The fraction of sp³-hybridized carbons (Fsp3) is 0.438. The lowest BCUT2D eigenvalue weighted by molar-refractivity contribution is 0.0939. The number of hydrogen-bond acceptors (Lipinski definition) is 3. The molecule has 0 unspecified atom stereocenters. The summed E-state index contributed by atoms with van der Waals surface area (Å²) in [4.78, 5) is 16.5. The van der Waals surface area contributed by atoms with Gasteiger partial charge in [0.1, 0.15) is 5.69 Å². The van der Waals surface area contributed by atoms with E-state index in [4.69, 9.17) is 0 Å². The summed E-state index contributed by atoms with van der Waals surface area (Å²) < 4.78 is 1.76. The second kappa shape index (κ2) is 7.02. The van der Waals surface area contributed by atoms with Gasteiger partial charge in [-0.1, -0.05) is 19.9 Å². The van der Waals surface area contributed by atoms with Crippen molar-refractivity contribution in [3.05, 3.63) is 47.5 Å². The molecule has 0 radical (unpaired) electrons. The molecule has 0 spiro atoms. The third-order valence-electron chi connectivity index (χ3n) is 3.14. The zero-order chi connectivity index (χ0) is 15.2. The summed E-state index contributed by atoms with van der Waals surface area (Å²) in [5.41, 5.74) is 2.43. The number of amides is 1. The number of carbonyl (C=O) groups is 1. The van der Waals surface area contributed by atoms with Crippen molar-refractivity contribution in [3.63, 3.8) is 0 Å². The third-order valence-corrected chi connectivity index (χ3v) is 3.14. The average molecular weight is 286 g/mol. The van der Waals surface area contributed by atoms with Crippen LogP contribution in [0.2, 0.25) is 0 Å². The van der Waals surface area contributed by atoms with Crippen LogP contribution < -0.4 is 5.32 Å². The molecule has 0 atom stereocenters. The van der Waals surface area contributed by atoms with Gasteiger partial charge in [-0.15, -0.1) is 0 Å². The Hall–Kier alpha value is -2.17. The van der Waals surface area contributed by atoms with E-state index in [0.717, 1.165) is 17.8 Å². The fourth-order valence-corrected chi connectivity index (χ4v) is 2.18. The van der Waals surface area contributed by atoms with Gasteiger partial charge in [-0.2, -0.15) is 5.10 Å². The van der Waals surface area contributed by atoms with Gasteiger partial charge in [0, 0.05) is 12.7 Å². The molecule has 0 aliphatic heterocycles. The molecule has 1 amide bonds. The fourth-order valence-electron chi connectivity index (χ4n) is 2.18. The molecule has 0 aliphatic carbocycles. The van der Waals surface area contributed by atoms with Gasteiger partial charge >= 0.3 is 0 Å². The van der Waals surface area contributed by atoms with E-state index in [9.17, 15) is 4.79 Å². The summed E-state index contributed by atoms with van der Waals surface area (Å²) in [5.74, 6) is 0.416. The van der Waals surface area contributed by atoms with Crippen LogP contribution in [0.25, 0.3) is 0 Å². The molecule has 0 aromatic carbocycles. The number of rotatable bonds is 6. The Morgan fingerprint density at radius 3 is 2.76 bits per heavy atom. The molecular weight excluding hydrogens is 264 g/mol. The van der Waals surface area contributed by atoms with E-state index in [0.29, 0.717) is 24.7 Å². The molecular formula is C16H22N4O. The van der Waals surface area contributed by atoms with Crippen LogP contribution in [-0.4, -0.2) is 20.7 Å². The maximum Gasteiger partial charge on any atom is 0.269 e. The molecule has 112 valence electrons. The van der Waals surface area contributed by atoms with Crippen LogP contribution in [0.1, 0.15) is 42.6 Å². The minimum Gasteiger partial charge on any atom is -0.345 e. The summed E-state index contributed by atoms with van der Waals surface area (Å²) in [5, 5.41) is 7.38. The van der Waals surface area contributed by atoms with Crippen molar-refractivity contribution in [2.45, 2.75) is 40.3 Å². The molecule has 0 aliphatic rings. The summed E-state index contributed by atoms with van der Waals surface area (Å²) in [7, 11) is 0.